The third kappa shape index (κ3) is 6.44. The predicted molar refractivity (Wildman–Crippen MR) is 164 cm³/mol. The van der Waals surface area contributed by atoms with E-state index in [1.165, 1.54) is 18.2 Å². The predicted octanol–water partition coefficient (Wildman–Crippen LogP) is 4.88. The Labute approximate surface area is 258 Å². The molecule has 0 spiro atoms. The molecule has 0 radical (unpaired) electrons. The van der Waals surface area contributed by atoms with Crippen LogP contribution in [0.1, 0.15) is 37.4 Å². The van der Waals surface area contributed by atoms with E-state index in [4.69, 9.17) is 27.6 Å². The maximum Gasteiger partial charge on any atom is 0.326 e. The van der Waals surface area contributed by atoms with E-state index in [2.05, 4.69) is 5.32 Å². The number of carbonyl (C=O) groups is 3. The van der Waals surface area contributed by atoms with Gasteiger partial charge in [0.05, 0.1) is 26.8 Å². The van der Waals surface area contributed by atoms with Crippen LogP contribution in [0.25, 0.3) is 11.0 Å². The Hall–Kier alpha value is -3.51. The molecule has 0 saturated carbocycles. The molecule has 0 bridgehead atoms. The fourth-order valence-electron chi connectivity index (χ4n) is 4.87. The van der Waals surface area contributed by atoms with Gasteiger partial charge >= 0.3 is 5.97 Å². The zero-order valence-corrected chi connectivity index (χ0v) is 25.5. The standard InChI is InChI=1S/C29H24Cl2N2O7S.H2S/c1-41(38,39)20-4-2-3-16(11-20)12-23(29(36)37)32-27(34)25-22(30)13-19-15-33(9-7-21(19)26(25)31)28(35)18-6-5-17-8-10-40-24(17)14-18;/h2-6,8,10-11,13-14,23H,7,9,12,15H2,1H3,(H,32,34)(H,36,37);1H2/t23-;/m0./s1. The molecule has 2 heterocycles. The minimum Gasteiger partial charge on any atom is -0.480 e. The summed E-state index contributed by atoms with van der Waals surface area (Å²) in [5.41, 5.74) is 2.77. The Morgan fingerprint density at radius 3 is 2.57 bits per heavy atom. The molecule has 2 amide bonds. The molecule has 0 saturated heterocycles. The number of furan rings is 1. The van der Waals surface area contributed by atoms with Gasteiger partial charge in [0.15, 0.2) is 9.84 Å². The SMILES string of the molecule is CS(=O)(=O)c1cccc(C[C@H](NC(=O)c2c(Cl)cc3c(c2Cl)CCN(C(=O)c2ccc4ccoc4c2)C3)C(=O)O)c1.S. The van der Waals surface area contributed by atoms with Crippen LogP contribution in [0.2, 0.25) is 10.0 Å². The van der Waals surface area contributed by atoms with E-state index in [1.54, 1.807) is 35.4 Å². The van der Waals surface area contributed by atoms with Gasteiger partial charge in [0.25, 0.3) is 11.8 Å². The summed E-state index contributed by atoms with van der Waals surface area (Å²) in [5, 5.41) is 13.2. The second-order valence-corrected chi connectivity index (χ2v) is 12.6. The molecule has 4 aromatic rings. The van der Waals surface area contributed by atoms with Crippen molar-refractivity contribution in [3.05, 3.63) is 98.7 Å². The molecule has 9 nitrogen and oxygen atoms in total. The van der Waals surface area contributed by atoms with Gasteiger partial charge in [-0.25, -0.2) is 13.2 Å². The number of carboxylic acids is 1. The van der Waals surface area contributed by atoms with E-state index >= 15 is 0 Å². The molecule has 1 atom stereocenters. The van der Waals surface area contributed by atoms with Crippen molar-refractivity contribution in [2.24, 2.45) is 0 Å². The summed E-state index contributed by atoms with van der Waals surface area (Å²) in [6, 6.07) is 13.1. The van der Waals surface area contributed by atoms with Gasteiger partial charge in [-0.3, -0.25) is 9.59 Å². The molecular formula is C29H26Cl2N2O7S2. The lowest BCUT2D eigenvalue weighted by Gasteiger charge is -2.30. The Morgan fingerprint density at radius 1 is 1.10 bits per heavy atom. The number of hydrogen-bond acceptors (Lipinski definition) is 6. The van der Waals surface area contributed by atoms with Crippen molar-refractivity contribution in [3.63, 3.8) is 0 Å². The van der Waals surface area contributed by atoms with Crippen molar-refractivity contribution < 1.29 is 32.3 Å². The summed E-state index contributed by atoms with van der Waals surface area (Å²) in [6.45, 7) is 0.568. The fraction of sp³-hybridized carbons (Fsp3) is 0.207. The monoisotopic (exact) mass is 648 g/mol. The number of sulfone groups is 1. The van der Waals surface area contributed by atoms with Gasteiger partial charge in [0.2, 0.25) is 0 Å². The van der Waals surface area contributed by atoms with Crippen LogP contribution in [0.4, 0.5) is 0 Å². The Kier molecular flexibility index (Phi) is 9.27. The molecule has 220 valence electrons. The number of nitrogens with one attached hydrogen (secondary N) is 1. The van der Waals surface area contributed by atoms with Crippen molar-refractivity contribution in [2.45, 2.75) is 30.3 Å². The Morgan fingerprint density at radius 2 is 1.86 bits per heavy atom. The third-order valence-corrected chi connectivity index (χ3v) is 8.82. The number of halogens is 2. The first-order chi connectivity index (χ1) is 19.4. The molecule has 2 N–H and O–H groups in total. The molecule has 0 aliphatic carbocycles. The highest BCUT2D eigenvalue weighted by Gasteiger charge is 2.30. The molecule has 13 heteroatoms. The van der Waals surface area contributed by atoms with Gasteiger partial charge in [-0.15, -0.1) is 0 Å². The van der Waals surface area contributed by atoms with Crippen LogP contribution in [0.15, 0.2) is 70.2 Å². The zero-order valence-electron chi connectivity index (χ0n) is 22.2. The summed E-state index contributed by atoms with van der Waals surface area (Å²) >= 11 is 13.1. The van der Waals surface area contributed by atoms with Crippen molar-refractivity contribution in [1.29, 1.82) is 0 Å². The van der Waals surface area contributed by atoms with Crippen LogP contribution < -0.4 is 5.32 Å². The Balaban J connectivity index is 0.00000405. The first-order valence-electron chi connectivity index (χ1n) is 12.5. The van der Waals surface area contributed by atoms with E-state index < -0.39 is 27.8 Å². The van der Waals surface area contributed by atoms with Crippen molar-refractivity contribution in [2.75, 3.05) is 12.8 Å². The largest absolute Gasteiger partial charge is 0.480 e. The van der Waals surface area contributed by atoms with Gasteiger partial charge in [0, 0.05) is 36.7 Å². The summed E-state index contributed by atoms with van der Waals surface area (Å²) < 4.78 is 29.2. The van der Waals surface area contributed by atoms with Crippen LogP contribution >= 0.6 is 36.7 Å². The van der Waals surface area contributed by atoms with Crippen molar-refractivity contribution in [1.82, 2.24) is 10.2 Å². The number of benzene rings is 3. The van der Waals surface area contributed by atoms with Crippen LogP contribution in [0.5, 0.6) is 0 Å². The topological polar surface area (TPSA) is 134 Å². The average Bonchev–Trinajstić information content (AvgIpc) is 3.39. The minimum atomic E-state index is -3.50. The molecule has 5 rings (SSSR count). The number of amides is 2. The highest BCUT2D eigenvalue weighted by molar-refractivity contribution is 7.90. The summed E-state index contributed by atoms with van der Waals surface area (Å²) in [6.07, 6.45) is 2.81. The lowest BCUT2D eigenvalue weighted by Crippen LogP contribution is -2.42. The van der Waals surface area contributed by atoms with Crippen LogP contribution in [-0.4, -0.2) is 55.1 Å². The number of carboxylic acid groups (broad SMARTS) is 1. The molecule has 0 fully saturated rings. The lowest BCUT2D eigenvalue weighted by molar-refractivity contribution is -0.139. The van der Waals surface area contributed by atoms with Gasteiger partial charge in [0.1, 0.15) is 11.6 Å². The molecule has 0 unspecified atom stereocenters. The highest BCUT2D eigenvalue weighted by Crippen LogP contribution is 2.35. The van der Waals surface area contributed by atoms with Crippen LogP contribution in [-0.2, 0) is 34.0 Å². The number of hydrogen-bond donors (Lipinski definition) is 2. The van der Waals surface area contributed by atoms with Gasteiger partial charge in [-0.05, 0) is 59.5 Å². The maximum absolute atomic E-state index is 13.2. The number of carbonyl (C=O) groups excluding carboxylic acids is 2. The lowest BCUT2D eigenvalue weighted by atomic mass is 9.95. The second-order valence-electron chi connectivity index (χ2n) is 9.82. The second kappa shape index (κ2) is 12.4. The highest BCUT2D eigenvalue weighted by atomic mass is 35.5. The van der Waals surface area contributed by atoms with E-state index in [1.807, 2.05) is 12.1 Å². The van der Waals surface area contributed by atoms with Crippen molar-refractivity contribution in [3.8, 4) is 0 Å². The summed E-state index contributed by atoms with van der Waals surface area (Å²) in [4.78, 5) is 40.1. The first kappa shape index (κ1) is 31.4. The summed E-state index contributed by atoms with van der Waals surface area (Å²) in [7, 11) is -3.50. The molecular weight excluding hydrogens is 623 g/mol. The smallest absolute Gasteiger partial charge is 0.326 e. The molecule has 1 aliphatic rings. The summed E-state index contributed by atoms with van der Waals surface area (Å²) in [5.74, 6) is -2.28. The van der Waals surface area contributed by atoms with E-state index in [0.29, 0.717) is 40.8 Å². The first-order valence-corrected chi connectivity index (χ1v) is 15.2. The quantitative estimate of drug-likeness (QED) is 0.292. The van der Waals surface area contributed by atoms with Gasteiger partial charge < -0.3 is 19.7 Å². The fourth-order valence-corrected chi connectivity index (χ4v) is 6.33. The zero-order chi connectivity index (χ0) is 29.5. The minimum absolute atomic E-state index is 0. The Bertz CT molecular complexity index is 1820. The van der Waals surface area contributed by atoms with Gasteiger partial charge in [-0.1, -0.05) is 41.4 Å². The number of nitrogens with zero attached hydrogens (tertiary/aromatic N) is 1. The number of aliphatic carboxylic acids is 1. The number of fused-ring (bicyclic) bond motifs is 2. The van der Waals surface area contributed by atoms with Gasteiger partial charge in [-0.2, -0.15) is 13.5 Å². The van der Waals surface area contributed by atoms with E-state index in [9.17, 15) is 27.9 Å². The van der Waals surface area contributed by atoms with E-state index in [0.717, 1.165) is 11.6 Å². The molecule has 1 aliphatic heterocycles. The van der Waals surface area contributed by atoms with Crippen LogP contribution in [0.3, 0.4) is 0 Å². The van der Waals surface area contributed by atoms with Crippen molar-refractivity contribution >= 4 is 75.3 Å². The maximum atomic E-state index is 13.2. The number of rotatable bonds is 7. The molecule has 42 heavy (non-hydrogen) atoms. The molecule has 3 aromatic carbocycles. The van der Waals surface area contributed by atoms with Crippen LogP contribution in [0, 0.1) is 0 Å². The normalized spacial score (nSPS) is 13.6. The molecule has 1 aromatic heterocycles. The average molecular weight is 650 g/mol. The van der Waals surface area contributed by atoms with E-state index in [-0.39, 0.29) is 52.9 Å². The third-order valence-electron chi connectivity index (χ3n) is 6.99.